The molecule has 14 heavy (non-hydrogen) atoms. The first-order valence-corrected chi connectivity index (χ1v) is 4.54. The van der Waals surface area contributed by atoms with Crippen molar-refractivity contribution in [3.8, 4) is 0 Å². The Balaban J connectivity index is 2.70. The van der Waals surface area contributed by atoms with E-state index in [9.17, 15) is 4.39 Å². The zero-order valence-electron chi connectivity index (χ0n) is 8.26. The highest BCUT2D eigenvalue weighted by Crippen LogP contribution is 2.31. The summed E-state index contributed by atoms with van der Waals surface area (Å²) in [4.78, 5) is 3.02. The predicted molar refractivity (Wildman–Crippen MR) is 56.8 cm³/mol. The summed E-state index contributed by atoms with van der Waals surface area (Å²) >= 11 is 0. The highest BCUT2D eigenvalue weighted by molar-refractivity contribution is 5.86. The molecule has 3 heteroatoms. The molecule has 2 nitrogen and oxygen atoms in total. The number of alkyl halides is 1. The molecule has 0 spiro atoms. The van der Waals surface area contributed by atoms with Gasteiger partial charge in [0.1, 0.15) is 5.67 Å². The number of anilines is 1. The van der Waals surface area contributed by atoms with E-state index in [1.807, 2.05) is 12.1 Å². The summed E-state index contributed by atoms with van der Waals surface area (Å²) in [6, 6.07) is 5.44. The lowest BCUT2D eigenvalue weighted by atomic mass is 9.99. The molecule has 1 aromatic carbocycles. The fraction of sp³-hybridized carbons (Fsp3) is 0.273. The van der Waals surface area contributed by atoms with E-state index in [2.05, 4.69) is 4.98 Å². The van der Waals surface area contributed by atoms with Crippen LogP contribution >= 0.6 is 0 Å². The second kappa shape index (κ2) is 2.74. The van der Waals surface area contributed by atoms with E-state index in [1.54, 1.807) is 26.1 Å². The largest absolute Gasteiger partial charge is 0.399 e. The van der Waals surface area contributed by atoms with Crippen LogP contribution in [0.3, 0.4) is 0 Å². The van der Waals surface area contributed by atoms with Gasteiger partial charge >= 0.3 is 0 Å². The van der Waals surface area contributed by atoms with Crippen LogP contribution in [-0.4, -0.2) is 4.98 Å². The number of halogens is 1. The lowest BCUT2D eigenvalue weighted by Gasteiger charge is -2.12. The molecule has 0 aliphatic rings. The van der Waals surface area contributed by atoms with Crippen LogP contribution in [0, 0.1) is 0 Å². The van der Waals surface area contributed by atoms with E-state index in [0.29, 0.717) is 11.3 Å². The quantitative estimate of drug-likeness (QED) is 0.670. The van der Waals surface area contributed by atoms with Crippen LogP contribution in [0.2, 0.25) is 0 Å². The zero-order chi connectivity index (χ0) is 10.3. The van der Waals surface area contributed by atoms with E-state index in [4.69, 9.17) is 5.73 Å². The number of nitrogens with one attached hydrogen (secondary N) is 1. The smallest absolute Gasteiger partial charge is 0.132 e. The van der Waals surface area contributed by atoms with Crippen LogP contribution in [-0.2, 0) is 5.67 Å². The summed E-state index contributed by atoms with van der Waals surface area (Å²) in [5.41, 5.74) is 6.54. The zero-order valence-corrected chi connectivity index (χ0v) is 8.26. The van der Waals surface area contributed by atoms with Crippen molar-refractivity contribution in [1.82, 2.24) is 4.98 Å². The highest BCUT2D eigenvalue weighted by Gasteiger charge is 2.22. The standard InChI is InChI=1S/C11H13FN2/c1-11(2,12)9-6-14-10-5-7(13)3-4-8(9)10/h3-6,14H,13H2,1-2H3. The minimum Gasteiger partial charge on any atom is -0.399 e. The maximum absolute atomic E-state index is 13.7. The molecule has 2 rings (SSSR count). The molecule has 0 aliphatic heterocycles. The average molecular weight is 192 g/mol. The van der Waals surface area contributed by atoms with Gasteiger partial charge in [0, 0.05) is 28.4 Å². The molecule has 2 aromatic rings. The van der Waals surface area contributed by atoms with Crippen LogP contribution in [0.5, 0.6) is 0 Å². The SMILES string of the molecule is CC(C)(F)c1c[nH]c2cc(N)ccc12. The molecule has 0 bridgehead atoms. The Kier molecular flexibility index (Phi) is 1.77. The minimum atomic E-state index is -1.33. The first-order valence-electron chi connectivity index (χ1n) is 4.54. The molecule has 0 radical (unpaired) electrons. The number of benzene rings is 1. The number of aromatic nitrogens is 1. The van der Waals surface area contributed by atoms with Crippen molar-refractivity contribution in [1.29, 1.82) is 0 Å². The maximum atomic E-state index is 13.7. The van der Waals surface area contributed by atoms with Crippen molar-refractivity contribution < 1.29 is 4.39 Å². The van der Waals surface area contributed by atoms with Crippen molar-refractivity contribution in [2.24, 2.45) is 0 Å². The molecule has 0 atom stereocenters. The number of rotatable bonds is 1. The summed E-state index contributed by atoms with van der Waals surface area (Å²) in [6.07, 6.45) is 1.70. The van der Waals surface area contributed by atoms with Crippen molar-refractivity contribution in [2.45, 2.75) is 19.5 Å². The Morgan fingerprint density at radius 3 is 2.71 bits per heavy atom. The van der Waals surface area contributed by atoms with E-state index in [0.717, 1.165) is 10.9 Å². The van der Waals surface area contributed by atoms with E-state index >= 15 is 0 Å². The van der Waals surface area contributed by atoms with E-state index in [-0.39, 0.29) is 0 Å². The summed E-state index contributed by atoms with van der Waals surface area (Å²) in [5, 5.41) is 0.895. The second-order valence-corrected chi connectivity index (χ2v) is 3.98. The molecule has 0 fully saturated rings. The van der Waals surface area contributed by atoms with Crippen molar-refractivity contribution in [3.05, 3.63) is 30.0 Å². The molecule has 0 saturated heterocycles. The average Bonchev–Trinajstić information content (AvgIpc) is 2.45. The van der Waals surface area contributed by atoms with Crippen LogP contribution < -0.4 is 5.73 Å². The van der Waals surface area contributed by atoms with Gasteiger partial charge in [0.15, 0.2) is 0 Å². The summed E-state index contributed by atoms with van der Waals surface area (Å²) in [7, 11) is 0. The Labute approximate surface area is 81.9 Å². The first kappa shape index (κ1) is 9.06. The van der Waals surface area contributed by atoms with Gasteiger partial charge in [-0.3, -0.25) is 0 Å². The van der Waals surface area contributed by atoms with Crippen molar-refractivity contribution in [2.75, 3.05) is 5.73 Å². The number of nitrogens with two attached hydrogens (primary N) is 1. The Morgan fingerprint density at radius 2 is 2.07 bits per heavy atom. The lowest BCUT2D eigenvalue weighted by Crippen LogP contribution is -2.07. The minimum absolute atomic E-state index is 0.674. The summed E-state index contributed by atoms with van der Waals surface area (Å²) in [6.45, 7) is 3.10. The van der Waals surface area contributed by atoms with Gasteiger partial charge in [0.2, 0.25) is 0 Å². The molecular weight excluding hydrogens is 179 g/mol. The Hall–Kier alpha value is -1.51. The number of fused-ring (bicyclic) bond motifs is 1. The maximum Gasteiger partial charge on any atom is 0.132 e. The van der Waals surface area contributed by atoms with Crippen molar-refractivity contribution >= 4 is 16.6 Å². The third-order valence-electron chi connectivity index (χ3n) is 2.35. The fourth-order valence-corrected chi connectivity index (χ4v) is 1.64. The molecule has 74 valence electrons. The van der Waals surface area contributed by atoms with Gasteiger partial charge in [0.25, 0.3) is 0 Å². The van der Waals surface area contributed by atoms with E-state index in [1.165, 1.54) is 0 Å². The summed E-state index contributed by atoms with van der Waals surface area (Å²) in [5.74, 6) is 0. The third-order valence-corrected chi connectivity index (χ3v) is 2.35. The Morgan fingerprint density at radius 1 is 1.36 bits per heavy atom. The first-order chi connectivity index (χ1) is 6.48. The summed E-state index contributed by atoms with van der Waals surface area (Å²) < 4.78 is 13.7. The number of nitrogen functional groups attached to an aromatic ring is 1. The van der Waals surface area contributed by atoms with Crippen LogP contribution in [0.4, 0.5) is 10.1 Å². The van der Waals surface area contributed by atoms with E-state index < -0.39 is 5.67 Å². The Bertz CT molecular complexity index is 466. The normalized spacial score (nSPS) is 12.2. The van der Waals surface area contributed by atoms with Gasteiger partial charge < -0.3 is 10.7 Å². The number of hydrogen-bond donors (Lipinski definition) is 2. The van der Waals surface area contributed by atoms with Crippen molar-refractivity contribution in [3.63, 3.8) is 0 Å². The molecule has 0 amide bonds. The molecule has 0 saturated carbocycles. The molecular formula is C11H13FN2. The van der Waals surface area contributed by atoms with Gasteiger partial charge in [-0.15, -0.1) is 0 Å². The predicted octanol–water partition coefficient (Wildman–Crippen LogP) is 2.95. The van der Waals surface area contributed by atoms with Gasteiger partial charge in [-0.05, 0) is 26.0 Å². The third kappa shape index (κ3) is 1.35. The molecule has 0 aliphatic carbocycles. The van der Waals surface area contributed by atoms with Gasteiger partial charge in [0.05, 0.1) is 0 Å². The molecule has 1 aromatic heterocycles. The molecule has 3 N–H and O–H groups in total. The van der Waals surface area contributed by atoms with Crippen LogP contribution in [0.15, 0.2) is 24.4 Å². The number of H-pyrrole nitrogens is 1. The monoisotopic (exact) mass is 192 g/mol. The van der Waals surface area contributed by atoms with Gasteiger partial charge in [-0.2, -0.15) is 0 Å². The topological polar surface area (TPSA) is 41.8 Å². The molecule has 0 unspecified atom stereocenters. The second-order valence-electron chi connectivity index (χ2n) is 3.98. The van der Waals surface area contributed by atoms with Gasteiger partial charge in [-0.1, -0.05) is 6.07 Å². The van der Waals surface area contributed by atoms with Gasteiger partial charge in [-0.25, -0.2) is 4.39 Å². The number of hydrogen-bond acceptors (Lipinski definition) is 1. The molecule has 1 heterocycles. The fourth-order valence-electron chi connectivity index (χ4n) is 1.64. The van der Waals surface area contributed by atoms with Crippen LogP contribution in [0.1, 0.15) is 19.4 Å². The van der Waals surface area contributed by atoms with Crippen LogP contribution in [0.25, 0.3) is 10.9 Å². The number of aromatic amines is 1. The highest BCUT2D eigenvalue weighted by atomic mass is 19.1. The lowest BCUT2D eigenvalue weighted by molar-refractivity contribution is 0.224.